The number of H-pyrrole nitrogens is 1. The predicted octanol–water partition coefficient (Wildman–Crippen LogP) is 1.63. The molecule has 5 nitrogen and oxygen atoms in total. The van der Waals surface area contributed by atoms with Gasteiger partial charge < -0.3 is 10.1 Å². The minimum atomic E-state index is -0.872. The summed E-state index contributed by atoms with van der Waals surface area (Å²) in [6, 6.07) is 7.06. The highest BCUT2D eigenvalue weighted by atomic mass is 32.2. The van der Waals surface area contributed by atoms with E-state index >= 15 is 0 Å². The van der Waals surface area contributed by atoms with E-state index < -0.39 is 11.2 Å². The Labute approximate surface area is 107 Å². The van der Waals surface area contributed by atoms with Gasteiger partial charge in [0.05, 0.1) is 21.9 Å². The fourth-order valence-electron chi connectivity index (χ4n) is 1.48. The molecule has 6 heteroatoms. The van der Waals surface area contributed by atoms with Crippen LogP contribution in [0.3, 0.4) is 0 Å². The lowest BCUT2D eigenvalue weighted by Gasteiger charge is -2.06. The van der Waals surface area contributed by atoms with Crippen LogP contribution in [0.25, 0.3) is 10.9 Å². The fourth-order valence-corrected chi connectivity index (χ4v) is 2.17. The van der Waals surface area contributed by atoms with Gasteiger partial charge in [0, 0.05) is 0 Å². The van der Waals surface area contributed by atoms with Crippen molar-refractivity contribution < 1.29 is 9.90 Å². The Bertz CT molecular complexity index is 639. The van der Waals surface area contributed by atoms with E-state index in [1.807, 2.05) is 6.07 Å². The summed E-state index contributed by atoms with van der Waals surface area (Å²) in [7, 11) is 0. The Morgan fingerprint density at radius 3 is 2.94 bits per heavy atom. The normalized spacial score (nSPS) is 12.5. The SMILES string of the molecule is C[C@@H](SCc1nc2ccccc2c(=O)[nH]1)C(=O)O. The molecule has 2 aromatic rings. The number of carboxylic acids is 1. The largest absolute Gasteiger partial charge is 0.480 e. The topological polar surface area (TPSA) is 83.0 Å². The van der Waals surface area contributed by atoms with Crippen LogP contribution in [0, 0.1) is 0 Å². The number of carbonyl (C=O) groups is 1. The Morgan fingerprint density at radius 1 is 1.50 bits per heavy atom. The van der Waals surface area contributed by atoms with Crippen LogP contribution in [-0.2, 0) is 10.5 Å². The molecule has 1 heterocycles. The van der Waals surface area contributed by atoms with Crippen molar-refractivity contribution in [2.45, 2.75) is 17.9 Å². The third-order valence-corrected chi connectivity index (χ3v) is 3.62. The van der Waals surface area contributed by atoms with E-state index in [1.165, 1.54) is 11.8 Å². The first kappa shape index (κ1) is 12.6. The molecule has 0 bridgehead atoms. The molecule has 2 rings (SSSR count). The van der Waals surface area contributed by atoms with Gasteiger partial charge in [-0.05, 0) is 19.1 Å². The summed E-state index contributed by atoms with van der Waals surface area (Å²) in [5.41, 5.74) is 0.430. The molecule has 0 fully saturated rings. The smallest absolute Gasteiger partial charge is 0.316 e. The zero-order valence-electron chi connectivity index (χ0n) is 9.71. The molecular weight excluding hydrogens is 252 g/mol. The molecule has 0 spiro atoms. The number of nitrogens with zero attached hydrogens (tertiary/aromatic N) is 1. The van der Waals surface area contributed by atoms with Crippen LogP contribution in [0.1, 0.15) is 12.7 Å². The molecule has 1 atom stereocenters. The number of nitrogens with one attached hydrogen (secondary N) is 1. The minimum absolute atomic E-state index is 0.195. The first-order valence-electron chi connectivity index (χ1n) is 5.40. The second-order valence-corrected chi connectivity index (χ2v) is 5.15. The number of hydrogen-bond donors (Lipinski definition) is 2. The number of para-hydroxylation sites is 1. The van der Waals surface area contributed by atoms with Gasteiger partial charge in [-0.2, -0.15) is 0 Å². The van der Waals surface area contributed by atoms with E-state index in [-0.39, 0.29) is 5.56 Å². The van der Waals surface area contributed by atoms with Crippen molar-refractivity contribution in [1.29, 1.82) is 0 Å². The number of carboxylic acid groups (broad SMARTS) is 1. The molecule has 2 N–H and O–H groups in total. The van der Waals surface area contributed by atoms with Crippen molar-refractivity contribution in [3.8, 4) is 0 Å². The molecule has 0 radical (unpaired) electrons. The number of aromatic nitrogens is 2. The first-order chi connectivity index (χ1) is 8.58. The molecule has 0 aliphatic rings. The van der Waals surface area contributed by atoms with Crippen LogP contribution in [0.2, 0.25) is 0 Å². The van der Waals surface area contributed by atoms with E-state index in [1.54, 1.807) is 25.1 Å². The standard InChI is InChI=1S/C12H12N2O3S/c1-7(12(16)17)18-6-10-13-9-5-3-2-4-8(9)11(15)14-10/h2-5,7H,6H2,1H3,(H,16,17)(H,13,14,15)/t7-/m1/s1. The summed E-state index contributed by atoms with van der Waals surface area (Å²) < 4.78 is 0. The van der Waals surface area contributed by atoms with Crippen LogP contribution in [-0.4, -0.2) is 26.3 Å². The molecule has 0 unspecified atom stereocenters. The molecule has 18 heavy (non-hydrogen) atoms. The van der Waals surface area contributed by atoms with Crippen LogP contribution < -0.4 is 5.56 Å². The Morgan fingerprint density at radius 2 is 2.22 bits per heavy atom. The van der Waals surface area contributed by atoms with Gasteiger partial charge in [0.25, 0.3) is 5.56 Å². The lowest BCUT2D eigenvalue weighted by atomic mass is 10.2. The summed E-state index contributed by atoms with van der Waals surface area (Å²) in [6.07, 6.45) is 0. The maximum absolute atomic E-state index is 11.8. The van der Waals surface area contributed by atoms with Crippen LogP contribution >= 0.6 is 11.8 Å². The second kappa shape index (κ2) is 5.22. The molecule has 1 aromatic heterocycles. The van der Waals surface area contributed by atoms with Gasteiger partial charge >= 0.3 is 5.97 Å². The van der Waals surface area contributed by atoms with Crippen molar-refractivity contribution in [3.05, 3.63) is 40.4 Å². The van der Waals surface area contributed by atoms with Gasteiger partial charge in [-0.25, -0.2) is 4.98 Å². The number of benzene rings is 1. The second-order valence-electron chi connectivity index (χ2n) is 3.82. The zero-order valence-corrected chi connectivity index (χ0v) is 10.5. The lowest BCUT2D eigenvalue weighted by Crippen LogP contribution is -2.14. The highest BCUT2D eigenvalue weighted by Gasteiger charge is 2.12. The average Bonchev–Trinajstić information content (AvgIpc) is 2.36. The maximum atomic E-state index is 11.8. The highest BCUT2D eigenvalue weighted by molar-refractivity contribution is 7.99. The number of thioether (sulfide) groups is 1. The molecule has 94 valence electrons. The quantitative estimate of drug-likeness (QED) is 0.877. The third-order valence-electron chi connectivity index (χ3n) is 2.48. The van der Waals surface area contributed by atoms with E-state index in [4.69, 9.17) is 5.11 Å². The fraction of sp³-hybridized carbons (Fsp3) is 0.250. The first-order valence-corrected chi connectivity index (χ1v) is 6.45. The van der Waals surface area contributed by atoms with Crippen molar-refractivity contribution in [3.63, 3.8) is 0 Å². The molecule has 0 aliphatic carbocycles. The number of aliphatic carboxylic acids is 1. The van der Waals surface area contributed by atoms with E-state index in [0.29, 0.717) is 22.5 Å². The molecule has 0 saturated carbocycles. The van der Waals surface area contributed by atoms with Gasteiger partial charge in [0.1, 0.15) is 5.82 Å². The Balaban J connectivity index is 2.25. The van der Waals surface area contributed by atoms with Crippen LogP contribution in [0.15, 0.2) is 29.1 Å². The Hall–Kier alpha value is -1.82. The summed E-state index contributed by atoms with van der Waals surface area (Å²) in [4.78, 5) is 29.4. The van der Waals surface area contributed by atoms with Crippen molar-refractivity contribution in [1.82, 2.24) is 9.97 Å². The summed E-state index contributed by atoms with van der Waals surface area (Å²) in [5, 5.41) is 8.79. The molecule has 0 saturated heterocycles. The van der Waals surface area contributed by atoms with Gasteiger partial charge in [0.2, 0.25) is 0 Å². The third kappa shape index (κ3) is 2.70. The van der Waals surface area contributed by atoms with Gasteiger partial charge in [-0.15, -0.1) is 11.8 Å². The number of hydrogen-bond acceptors (Lipinski definition) is 4. The van der Waals surface area contributed by atoms with Crippen molar-refractivity contribution >= 4 is 28.6 Å². The van der Waals surface area contributed by atoms with Gasteiger partial charge in [0.15, 0.2) is 0 Å². The molecule has 1 aromatic carbocycles. The molecule has 0 aliphatic heterocycles. The van der Waals surface area contributed by atoms with Crippen molar-refractivity contribution in [2.75, 3.05) is 0 Å². The van der Waals surface area contributed by atoms with E-state index in [0.717, 1.165) is 0 Å². The maximum Gasteiger partial charge on any atom is 0.316 e. The number of aromatic amines is 1. The van der Waals surface area contributed by atoms with Crippen LogP contribution in [0.5, 0.6) is 0 Å². The number of fused-ring (bicyclic) bond motifs is 1. The summed E-state index contributed by atoms with van der Waals surface area (Å²) in [6.45, 7) is 1.60. The van der Waals surface area contributed by atoms with Crippen LogP contribution in [0.4, 0.5) is 0 Å². The minimum Gasteiger partial charge on any atom is -0.480 e. The molecular formula is C12H12N2O3S. The average molecular weight is 264 g/mol. The lowest BCUT2D eigenvalue weighted by molar-refractivity contribution is -0.136. The van der Waals surface area contributed by atoms with E-state index in [9.17, 15) is 9.59 Å². The van der Waals surface area contributed by atoms with E-state index in [2.05, 4.69) is 9.97 Å². The Kier molecular flexibility index (Phi) is 3.66. The predicted molar refractivity (Wildman–Crippen MR) is 70.8 cm³/mol. The summed E-state index contributed by atoms with van der Waals surface area (Å²) in [5.74, 6) is -0.00647. The summed E-state index contributed by atoms with van der Waals surface area (Å²) >= 11 is 1.22. The van der Waals surface area contributed by atoms with Crippen molar-refractivity contribution in [2.24, 2.45) is 0 Å². The zero-order chi connectivity index (χ0) is 13.1. The van der Waals surface area contributed by atoms with Gasteiger partial charge in [-0.1, -0.05) is 12.1 Å². The number of rotatable bonds is 4. The molecule has 0 amide bonds. The highest BCUT2D eigenvalue weighted by Crippen LogP contribution is 2.16. The monoisotopic (exact) mass is 264 g/mol. The van der Waals surface area contributed by atoms with Gasteiger partial charge in [-0.3, -0.25) is 9.59 Å².